The van der Waals surface area contributed by atoms with Crippen molar-refractivity contribution in [2.75, 3.05) is 26.4 Å². The first-order chi connectivity index (χ1) is 9.83. The highest BCUT2D eigenvalue weighted by molar-refractivity contribution is 4.63. The minimum Gasteiger partial charge on any atom is -0.394 e. The van der Waals surface area contributed by atoms with E-state index in [1.165, 1.54) is 64.2 Å². The molecule has 0 fully saturated rings. The zero-order chi connectivity index (χ0) is 15.3. The summed E-state index contributed by atoms with van der Waals surface area (Å²) >= 11 is 0. The second kappa shape index (κ2) is 23.7. The van der Waals surface area contributed by atoms with Crippen molar-refractivity contribution in [3.8, 4) is 0 Å². The van der Waals surface area contributed by atoms with Crippen LogP contribution in [0.1, 0.15) is 71.1 Å². The molecule has 0 aliphatic carbocycles. The summed E-state index contributed by atoms with van der Waals surface area (Å²) < 4.78 is 5.34. The summed E-state index contributed by atoms with van der Waals surface area (Å²) in [6.07, 6.45) is 15.7. The fourth-order valence-corrected chi connectivity index (χ4v) is 1.86. The molecule has 0 unspecified atom stereocenters. The van der Waals surface area contributed by atoms with Gasteiger partial charge >= 0.3 is 0 Å². The molecule has 3 nitrogen and oxygen atoms in total. The van der Waals surface area contributed by atoms with Gasteiger partial charge in [-0.1, -0.05) is 70.8 Å². The number of rotatable bonds is 14. The molecule has 0 aliphatic rings. The number of hydrogen-bond acceptors (Lipinski definition) is 3. The van der Waals surface area contributed by atoms with Gasteiger partial charge in [0.25, 0.3) is 0 Å². The van der Waals surface area contributed by atoms with Crippen molar-refractivity contribution in [3.63, 3.8) is 0 Å². The summed E-state index contributed by atoms with van der Waals surface area (Å²) in [5.41, 5.74) is 0. The fourth-order valence-electron chi connectivity index (χ4n) is 1.86. The third-order valence-corrected chi connectivity index (χ3v) is 2.98. The zero-order valence-corrected chi connectivity index (χ0v) is 13.5. The Morgan fingerprint density at radius 2 is 1.25 bits per heavy atom. The number of hydrogen-bond donors (Lipinski definition) is 2. The van der Waals surface area contributed by atoms with Crippen LogP contribution in [0.2, 0.25) is 0 Å². The summed E-state index contributed by atoms with van der Waals surface area (Å²) in [4.78, 5) is 0. The molecule has 0 rings (SSSR count). The van der Waals surface area contributed by atoms with Crippen molar-refractivity contribution in [1.29, 1.82) is 0 Å². The average molecular weight is 288 g/mol. The number of ether oxygens (including phenoxy) is 1. The third-order valence-electron chi connectivity index (χ3n) is 2.98. The van der Waals surface area contributed by atoms with Crippen molar-refractivity contribution >= 4 is 0 Å². The van der Waals surface area contributed by atoms with Crippen LogP contribution in [0.25, 0.3) is 0 Å². The van der Waals surface area contributed by atoms with Gasteiger partial charge in [-0.2, -0.15) is 0 Å². The Morgan fingerprint density at radius 1 is 0.800 bits per heavy atom. The van der Waals surface area contributed by atoms with Crippen molar-refractivity contribution in [3.05, 3.63) is 12.7 Å². The van der Waals surface area contributed by atoms with E-state index >= 15 is 0 Å². The third kappa shape index (κ3) is 26.2. The van der Waals surface area contributed by atoms with Gasteiger partial charge in [-0.05, 0) is 6.42 Å². The Hall–Kier alpha value is -0.380. The predicted molar refractivity (Wildman–Crippen MR) is 87.0 cm³/mol. The van der Waals surface area contributed by atoms with Crippen LogP contribution in [0.15, 0.2) is 12.7 Å². The fraction of sp³-hybridized carbons (Fsp3) is 0.882. The summed E-state index contributed by atoms with van der Waals surface area (Å²) in [7, 11) is 0. The molecule has 0 atom stereocenters. The molecule has 0 saturated carbocycles. The van der Waals surface area contributed by atoms with Gasteiger partial charge in [0.15, 0.2) is 0 Å². The van der Waals surface area contributed by atoms with Crippen molar-refractivity contribution < 1.29 is 14.9 Å². The van der Waals surface area contributed by atoms with Gasteiger partial charge in [0, 0.05) is 6.61 Å². The lowest BCUT2D eigenvalue weighted by Gasteiger charge is -2.02. The first-order valence-electron chi connectivity index (χ1n) is 8.23. The highest BCUT2D eigenvalue weighted by atomic mass is 16.5. The van der Waals surface area contributed by atoms with Gasteiger partial charge < -0.3 is 14.9 Å². The molecule has 0 amide bonds. The highest BCUT2D eigenvalue weighted by Gasteiger charge is 1.92. The van der Waals surface area contributed by atoms with Gasteiger partial charge in [0.05, 0.1) is 19.8 Å². The highest BCUT2D eigenvalue weighted by Crippen LogP contribution is 2.10. The molecule has 122 valence electrons. The first kappa shape index (κ1) is 21.9. The van der Waals surface area contributed by atoms with Crippen molar-refractivity contribution in [2.45, 2.75) is 71.1 Å². The standard InChI is InChI=1S/C15H30O.C2H6O2/c1-3-5-6-7-8-9-10-11-12-13-15-16-14-4-2;3-1-2-4/h4H,2-3,5-15H2,1H3;3-4H,1-2H2. The van der Waals surface area contributed by atoms with Crippen LogP contribution >= 0.6 is 0 Å². The molecule has 0 radical (unpaired) electrons. The van der Waals surface area contributed by atoms with Gasteiger partial charge in [0.2, 0.25) is 0 Å². The van der Waals surface area contributed by atoms with E-state index in [9.17, 15) is 0 Å². The molecule has 0 saturated heterocycles. The van der Waals surface area contributed by atoms with Crippen molar-refractivity contribution in [1.82, 2.24) is 0 Å². The van der Waals surface area contributed by atoms with Crippen LogP contribution < -0.4 is 0 Å². The molecule has 0 heterocycles. The number of unbranched alkanes of at least 4 members (excludes halogenated alkanes) is 9. The number of aliphatic hydroxyl groups is 2. The van der Waals surface area contributed by atoms with E-state index in [1.807, 2.05) is 6.08 Å². The lowest BCUT2D eigenvalue weighted by atomic mass is 10.1. The maximum Gasteiger partial charge on any atom is 0.0662 e. The summed E-state index contributed by atoms with van der Waals surface area (Å²) in [5.74, 6) is 0. The smallest absolute Gasteiger partial charge is 0.0662 e. The maximum atomic E-state index is 7.62. The molecule has 2 N–H and O–H groups in total. The second-order valence-electron chi connectivity index (χ2n) is 4.99. The first-order valence-corrected chi connectivity index (χ1v) is 8.23. The van der Waals surface area contributed by atoms with Gasteiger partial charge in [-0.3, -0.25) is 0 Å². The summed E-state index contributed by atoms with van der Waals surface area (Å²) in [6, 6.07) is 0. The Labute approximate surface area is 126 Å². The molecule has 0 bridgehead atoms. The second-order valence-corrected chi connectivity index (χ2v) is 4.99. The molecule has 0 spiro atoms. The quantitative estimate of drug-likeness (QED) is 0.374. The van der Waals surface area contributed by atoms with Gasteiger partial charge in [0.1, 0.15) is 0 Å². The SMILES string of the molecule is C=CCOCCCCCCCCCCCC.OCCO. The molecule has 0 aromatic heterocycles. The predicted octanol–water partition coefficient (Wildman–Crippen LogP) is 4.08. The Morgan fingerprint density at radius 3 is 1.65 bits per heavy atom. The van der Waals surface area contributed by atoms with E-state index in [2.05, 4.69) is 13.5 Å². The minimum absolute atomic E-state index is 0.125. The van der Waals surface area contributed by atoms with Crippen LogP contribution in [-0.2, 0) is 4.74 Å². The normalized spacial score (nSPS) is 9.95. The molecule has 3 heteroatoms. The Balaban J connectivity index is 0. The van der Waals surface area contributed by atoms with E-state index in [4.69, 9.17) is 14.9 Å². The van der Waals surface area contributed by atoms with Crippen molar-refractivity contribution in [2.24, 2.45) is 0 Å². The Bertz CT molecular complexity index is 158. The zero-order valence-electron chi connectivity index (χ0n) is 13.5. The molecule has 0 aliphatic heterocycles. The lowest BCUT2D eigenvalue weighted by Crippen LogP contribution is -1.93. The van der Waals surface area contributed by atoms with Crippen LogP contribution in [0.4, 0.5) is 0 Å². The van der Waals surface area contributed by atoms with Crippen LogP contribution in [-0.4, -0.2) is 36.6 Å². The molecule has 0 aromatic carbocycles. The summed E-state index contributed by atoms with van der Waals surface area (Å²) in [5, 5.41) is 15.2. The maximum absolute atomic E-state index is 7.62. The van der Waals surface area contributed by atoms with Gasteiger partial charge in [-0.15, -0.1) is 6.58 Å². The monoisotopic (exact) mass is 288 g/mol. The van der Waals surface area contributed by atoms with Gasteiger partial charge in [-0.25, -0.2) is 0 Å². The van der Waals surface area contributed by atoms with Crippen LogP contribution in [0.5, 0.6) is 0 Å². The molecular weight excluding hydrogens is 252 g/mol. The molecule has 0 aromatic rings. The minimum atomic E-state index is -0.125. The van der Waals surface area contributed by atoms with E-state index in [0.29, 0.717) is 6.61 Å². The number of aliphatic hydroxyl groups excluding tert-OH is 2. The molecular formula is C17H36O3. The lowest BCUT2D eigenvalue weighted by molar-refractivity contribution is 0.157. The molecule has 20 heavy (non-hydrogen) atoms. The topological polar surface area (TPSA) is 49.7 Å². The summed E-state index contributed by atoms with van der Waals surface area (Å²) in [6.45, 7) is 7.26. The largest absolute Gasteiger partial charge is 0.394 e. The van der Waals surface area contributed by atoms with Crippen LogP contribution in [0.3, 0.4) is 0 Å². The van der Waals surface area contributed by atoms with E-state index in [0.717, 1.165) is 6.61 Å². The van der Waals surface area contributed by atoms with E-state index < -0.39 is 0 Å². The van der Waals surface area contributed by atoms with Crippen LogP contribution in [0, 0.1) is 0 Å². The Kier molecular flexibility index (Phi) is 26.0. The van der Waals surface area contributed by atoms with E-state index in [1.54, 1.807) is 0 Å². The average Bonchev–Trinajstić information content (AvgIpc) is 2.49. The van der Waals surface area contributed by atoms with E-state index in [-0.39, 0.29) is 13.2 Å².